The van der Waals surface area contributed by atoms with Gasteiger partial charge in [0.1, 0.15) is 5.70 Å². The number of aliphatic imine (C=N–C) groups is 1. The molecule has 0 saturated carbocycles. The number of ether oxygens (including phenoxy) is 1. The summed E-state index contributed by atoms with van der Waals surface area (Å²) < 4.78 is 5.01. The topological polar surface area (TPSA) is 103 Å². The summed E-state index contributed by atoms with van der Waals surface area (Å²) >= 11 is 0. The number of nitrogens with zero attached hydrogens (tertiary/aromatic N) is 1. The van der Waals surface area contributed by atoms with Crippen LogP contribution in [-0.2, 0) is 4.79 Å². The molecule has 0 aliphatic carbocycles. The number of amides is 1. The van der Waals surface area contributed by atoms with E-state index in [2.05, 4.69) is 15.6 Å². The number of nitrogens with one attached hydrogen (secondary N) is 2. The van der Waals surface area contributed by atoms with E-state index in [0.717, 1.165) is 0 Å². The van der Waals surface area contributed by atoms with Crippen molar-refractivity contribution in [3.8, 4) is 11.5 Å². The maximum atomic E-state index is 11.8. The number of aliphatic hydroxyl groups is 1. The number of phenolic OH excluding ortho intramolecular Hbond substituents is 1. The van der Waals surface area contributed by atoms with Crippen LogP contribution in [0.1, 0.15) is 12.5 Å². The van der Waals surface area contributed by atoms with Gasteiger partial charge in [0.2, 0.25) is 5.96 Å². The zero-order chi connectivity index (χ0) is 15.4. The lowest BCUT2D eigenvalue weighted by Crippen LogP contribution is -2.26. The fourth-order valence-corrected chi connectivity index (χ4v) is 1.75. The van der Waals surface area contributed by atoms with Crippen LogP contribution in [0.2, 0.25) is 0 Å². The van der Waals surface area contributed by atoms with Gasteiger partial charge >= 0.3 is 0 Å². The summed E-state index contributed by atoms with van der Waals surface area (Å²) in [5.74, 6) is 0.345. The molecule has 1 aromatic rings. The van der Waals surface area contributed by atoms with Crippen molar-refractivity contribution in [2.75, 3.05) is 13.7 Å². The average Bonchev–Trinajstić information content (AvgIpc) is 2.79. The van der Waals surface area contributed by atoms with Gasteiger partial charge in [-0.1, -0.05) is 6.07 Å². The summed E-state index contributed by atoms with van der Waals surface area (Å²) in [4.78, 5) is 15.8. The van der Waals surface area contributed by atoms with Crippen LogP contribution in [0, 0.1) is 0 Å². The predicted octanol–water partition coefficient (Wildman–Crippen LogP) is 0.198. The first-order valence-corrected chi connectivity index (χ1v) is 6.39. The van der Waals surface area contributed by atoms with Crippen molar-refractivity contribution in [2.24, 2.45) is 4.99 Å². The van der Waals surface area contributed by atoms with E-state index >= 15 is 0 Å². The number of hydrogen-bond donors (Lipinski definition) is 4. The van der Waals surface area contributed by atoms with Crippen molar-refractivity contribution < 1.29 is 19.7 Å². The Hall–Kier alpha value is -2.54. The molecule has 112 valence electrons. The second-order valence-corrected chi connectivity index (χ2v) is 4.61. The molecule has 4 N–H and O–H groups in total. The molecular formula is C14H17N3O4. The number of methoxy groups -OCH3 is 1. The van der Waals surface area contributed by atoms with Crippen molar-refractivity contribution in [1.29, 1.82) is 0 Å². The minimum absolute atomic E-state index is 0.0302. The zero-order valence-corrected chi connectivity index (χ0v) is 11.8. The number of benzene rings is 1. The third kappa shape index (κ3) is 3.73. The minimum atomic E-state index is -0.578. The number of rotatable bonds is 4. The Kier molecular flexibility index (Phi) is 4.44. The SMILES string of the molecule is COc1cc(/C=C2/NC(=NCC(C)O)NC2=O)ccc1O. The van der Waals surface area contributed by atoms with Gasteiger partial charge in [-0.05, 0) is 30.7 Å². The van der Waals surface area contributed by atoms with Gasteiger partial charge in [-0.3, -0.25) is 10.1 Å². The van der Waals surface area contributed by atoms with Gasteiger partial charge in [0.05, 0.1) is 19.8 Å². The fraction of sp³-hybridized carbons (Fsp3) is 0.286. The molecule has 1 saturated heterocycles. The normalized spacial score (nSPS) is 19.5. The van der Waals surface area contributed by atoms with Crippen molar-refractivity contribution in [3.05, 3.63) is 29.5 Å². The number of guanidine groups is 1. The van der Waals surface area contributed by atoms with Crippen LogP contribution < -0.4 is 15.4 Å². The van der Waals surface area contributed by atoms with Gasteiger partial charge in [-0.2, -0.15) is 0 Å². The second kappa shape index (κ2) is 6.27. The summed E-state index contributed by atoms with van der Waals surface area (Å²) in [5, 5.41) is 24.1. The smallest absolute Gasteiger partial charge is 0.274 e. The van der Waals surface area contributed by atoms with E-state index in [-0.39, 0.29) is 18.2 Å². The molecule has 7 heteroatoms. The van der Waals surface area contributed by atoms with Gasteiger partial charge in [0.15, 0.2) is 11.5 Å². The van der Waals surface area contributed by atoms with Crippen molar-refractivity contribution in [2.45, 2.75) is 13.0 Å². The Balaban J connectivity index is 2.18. The highest BCUT2D eigenvalue weighted by molar-refractivity contribution is 6.15. The molecule has 0 aromatic heterocycles. The summed E-state index contributed by atoms with van der Waals surface area (Å²) in [5.41, 5.74) is 1.02. The minimum Gasteiger partial charge on any atom is -0.504 e. The number of aliphatic hydroxyl groups excluding tert-OH is 1. The Morgan fingerprint density at radius 3 is 2.86 bits per heavy atom. The molecule has 1 amide bonds. The highest BCUT2D eigenvalue weighted by Crippen LogP contribution is 2.27. The number of carbonyl (C=O) groups is 1. The fourth-order valence-electron chi connectivity index (χ4n) is 1.75. The quantitative estimate of drug-likeness (QED) is 0.593. The van der Waals surface area contributed by atoms with Gasteiger partial charge < -0.3 is 20.3 Å². The summed E-state index contributed by atoms with van der Waals surface area (Å²) in [7, 11) is 1.45. The lowest BCUT2D eigenvalue weighted by Gasteiger charge is -2.04. The number of hydrogen-bond acceptors (Lipinski definition) is 5. The van der Waals surface area contributed by atoms with Gasteiger partial charge in [-0.25, -0.2) is 4.99 Å². The van der Waals surface area contributed by atoms with Gasteiger partial charge in [0.25, 0.3) is 5.91 Å². The Morgan fingerprint density at radius 2 is 2.19 bits per heavy atom. The molecule has 1 unspecified atom stereocenters. The predicted molar refractivity (Wildman–Crippen MR) is 77.9 cm³/mol. The molecule has 1 aliphatic heterocycles. The van der Waals surface area contributed by atoms with Crippen molar-refractivity contribution in [3.63, 3.8) is 0 Å². The lowest BCUT2D eigenvalue weighted by molar-refractivity contribution is -0.115. The molecule has 0 radical (unpaired) electrons. The number of carbonyl (C=O) groups excluding carboxylic acids is 1. The van der Waals surface area contributed by atoms with Crippen LogP contribution in [0.4, 0.5) is 0 Å². The summed E-state index contributed by atoms with van der Waals surface area (Å²) in [6, 6.07) is 4.76. The van der Waals surface area contributed by atoms with E-state index in [9.17, 15) is 9.90 Å². The van der Waals surface area contributed by atoms with Crippen molar-refractivity contribution in [1.82, 2.24) is 10.6 Å². The van der Waals surface area contributed by atoms with Crippen LogP contribution in [-0.4, -0.2) is 41.8 Å². The van der Waals surface area contributed by atoms with E-state index in [1.165, 1.54) is 13.2 Å². The zero-order valence-electron chi connectivity index (χ0n) is 11.8. The Bertz CT molecular complexity index is 608. The van der Waals surface area contributed by atoms with Crippen LogP contribution in [0.3, 0.4) is 0 Å². The number of phenols is 1. The van der Waals surface area contributed by atoms with Crippen LogP contribution in [0.15, 0.2) is 28.9 Å². The Labute approximate surface area is 122 Å². The van der Waals surface area contributed by atoms with Gasteiger partial charge in [-0.15, -0.1) is 0 Å². The van der Waals surface area contributed by atoms with Crippen LogP contribution in [0.25, 0.3) is 6.08 Å². The monoisotopic (exact) mass is 291 g/mol. The number of aromatic hydroxyl groups is 1. The molecule has 1 fully saturated rings. The van der Waals surface area contributed by atoms with E-state index in [1.807, 2.05) is 0 Å². The van der Waals surface area contributed by atoms with Crippen molar-refractivity contribution >= 4 is 17.9 Å². The Morgan fingerprint density at radius 1 is 1.43 bits per heavy atom. The maximum Gasteiger partial charge on any atom is 0.274 e. The molecule has 1 aromatic carbocycles. The molecule has 21 heavy (non-hydrogen) atoms. The largest absolute Gasteiger partial charge is 0.504 e. The molecule has 0 spiro atoms. The highest BCUT2D eigenvalue weighted by Gasteiger charge is 2.21. The first-order chi connectivity index (χ1) is 9.99. The van der Waals surface area contributed by atoms with Gasteiger partial charge in [0, 0.05) is 0 Å². The molecule has 1 atom stereocenters. The molecule has 1 aliphatic rings. The molecule has 7 nitrogen and oxygen atoms in total. The van der Waals surface area contributed by atoms with E-state index < -0.39 is 6.10 Å². The summed E-state index contributed by atoms with van der Waals surface area (Å²) in [6.07, 6.45) is 1.04. The third-order valence-corrected chi connectivity index (χ3v) is 2.76. The lowest BCUT2D eigenvalue weighted by atomic mass is 10.1. The van der Waals surface area contributed by atoms with E-state index in [4.69, 9.17) is 9.84 Å². The van der Waals surface area contributed by atoms with Crippen LogP contribution >= 0.6 is 0 Å². The summed E-state index contributed by atoms with van der Waals surface area (Å²) in [6.45, 7) is 1.81. The molecule has 0 bridgehead atoms. The average molecular weight is 291 g/mol. The maximum absolute atomic E-state index is 11.8. The molecular weight excluding hydrogens is 274 g/mol. The van der Waals surface area contributed by atoms with Crippen LogP contribution in [0.5, 0.6) is 11.5 Å². The third-order valence-electron chi connectivity index (χ3n) is 2.76. The first kappa shape index (κ1) is 14.9. The second-order valence-electron chi connectivity index (χ2n) is 4.61. The molecule has 2 rings (SSSR count). The first-order valence-electron chi connectivity index (χ1n) is 6.39. The van der Waals surface area contributed by atoms with E-state index in [0.29, 0.717) is 23.0 Å². The standard InChI is InChI=1S/C14H17N3O4/c1-8(18)7-15-14-16-10(13(20)17-14)5-9-3-4-11(19)12(6-9)21-2/h3-6,8,18-19H,7H2,1-2H3,(H2,15,16,17,20)/b10-5+. The molecule has 1 heterocycles. The highest BCUT2D eigenvalue weighted by atomic mass is 16.5. The van der Waals surface area contributed by atoms with E-state index in [1.54, 1.807) is 25.1 Å².